The van der Waals surface area contributed by atoms with Crippen LogP contribution in [0.2, 0.25) is 5.02 Å². The second kappa shape index (κ2) is 6.54. The van der Waals surface area contributed by atoms with Gasteiger partial charge in [-0.25, -0.2) is 4.98 Å². The topological polar surface area (TPSA) is 75.4 Å². The van der Waals surface area contributed by atoms with Crippen molar-refractivity contribution >= 4 is 17.5 Å². The Morgan fingerprint density at radius 2 is 2.30 bits per heavy atom. The molecule has 2 aromatic rings. The van der Waals surface area contributed by atoms with Crippen LogP contribution in [0.5, 0.6) is 0 Å². The molecule has 0 radical (unpaired) electrons. The van der Waals surface area contributed by atoms with Gasteiger partial charge in [-0.2, -0.15) is 0 Å². The highest BCUT2D eigenvalue weighted by molar-refractivity contribution is 6.30. The van der Waals surface area contributed by atoms with Gasteiger partial charge in [0.1, 0.15) is 17.6 Å². The Morgan fingerprint density at radius 3 is 2.90 bits per heavy atom. The Kier molecular flexibility index (Phi) is 4.76. The zero-order chi connectivity index (χ0) is 14.5. The van der Waals surface area contributed by atoms with Crippen LogP contribution in [0.1, 0.15) is 35.7 Å². The minimum absolute atomic E-state index is 0.222. The summed E-state index contributed by atoms with van der Waals surface area (Å²) in [6.07, 6.45) is 2.52. The first-order valence-corrected chi connectivity index (χ1v) is 6.58. The van der Waals surface area contributed by atoms with Gasteiger partial charge in [0.15, 0.2) is 0 Å². The second-order valence-electron chi connectivity index (χ2n) is 4.50. The van der Waals surface area contributed by atoms with Crippen molar-refractivity contribution in [3.05, 3.63) is 53.2 Å². The van der Waals surface area contributed by atoms with Crippen molar-refractivity contribution in [3.8, 4) is 0 Å². The van der Waals surface area contributed by atoms with E-state index in [1.54, 1.807) is 31.2 Å². The molecule has 0 aliphatic carbocycles. The lowest BCUT2D eigenvalue weighted by Crippen LogP contribution is -2.34. The molecular formula is C14H15ClN2O3. The number of amides is 1. The van der Waals surface area contributed by atoms with E-state index < -0.39 is 6.10 Å². The molecule has 2 rings (SSSR count). The Bertz CT molecular complexity index is 554. The van der Waals surface area contributed by atoms with E-state index in [9.17, 15) is 9.90 Å². The third-order valence-corrected chi connectivity index (χ3v) is 3.01. The average molecular weight is 295 g/mol. The van der Waals surface area contributed by atoms with Gasteiger partial charge in [0.05, 0.1) is 11.3 Å². The van der Waals surface area contributed by atoms with Crippen LogP contribution in [-0.4, -0.2) is 22.0 Å². The van der Waals surface area contributed by atoms with E-state index in [4.69, 9.17) is 16.0 Å². The number of nitrogens with one attached hydrogen (secondary N) is 1. The smallest absolute Gasteiger partial charge is 0.270 e. The van der Waals surface area contributed by atoms with Crippen molar-refractivity contribution in [2.24, 2.45) is 0 Å². The molecule has 106 valence electrons. The predicted octanol–water partition coefficient (Wildman–Crippen LogP) is 2.57. The van der Waals surface area contributed by atoms with Gasteiger partial charge in [-0.1, -0.05) is 11.6 Å². The van der Waals surface area contributed by atoms with Crippen LogP contribution in [0, 0.1) is 0 Å². The zero-order valence-electron chi connectivity index (χ0n) is 10.9. The number of hydrogen-bond donors (Lipinski definition) is 2. The average Bonchev–Trinajstić information content (AvgIpc) is 2.93. The molecule has 0 bridgehead atoms. The van der Waals surface area contributed by atoms with Gasteiger partial charge >= 0.3 is 0 Å². The number of rotatable bonds is 5. The monoisotopic (exact) mass is 294 g/mol. The standard InChI is InChI=1S/C14H15ClN2O3/c1-9(7-12(18)13-3-2-6-20-13)17-14(19)11-5-4-10(15)8-16-11/h2-6,8-9,12,18H,7H2,1H3,(H,17,19)/t9-,12+/m0/s1. The summed E-state index contributed by atoms with van der Waals surface area (Å²) in [6.45, 7) is 1.81. The Labute approximate surface area is 121 Å². The van der Waals surface area contributed by atoms with Crippen LogP contribution in [0.15, 0.2) is 41.1 Å². The summed E-state index contributed by atoms with van der Waals surface area (Å²) < 4.78 is 5.11. The molecule has 6 heteroatoms. The van der Waals surface area contributed by atoms with Crippen molar-refractivity contribution in [1.82, 2.24) is 10.3 Å². The van der Waals surface area contributed by atoms with Crippen molar-refractivity contribution in [1.29, 1.82) is 0 Å². The molecule has 0 aliphatic rings. The van der Waals surface area contributed by atoms with Crippen molar-refractivity contribution in [2.75, 3.05) is 0 Å². The molecule has 0 aliphatic heterocycles. The quantitative estimate of drug-likeness (QED) is 0.888. The molecule has 2 aromatic heterocycles. The van der Waals surface area contributed by atoms with E-state index in [2.05, 4.69) is 10.3 Å². The molecular weight excluding hydrogens is 280 g/mol. The lowest BCUT2D eigenvalue weighted by Gasteiger charge is -2.16. The fourth-order valence-electron chi connectivity index (χ4n) is 1.80. The number of aromatic nitrogens is 1. The van der Waals surface area contributed by atoms with Crippen LogP contribution >= 0.6 is 11.6 Å². The molecule has 2 atom stereocenters. The number of furan rings is 1. The second-order valence-corrected chi connectivity index (χ2v) is 4.94. The van der Waals surface area contributed by atoms with E-state index in [0.29, 0.717) is 17.2 Å². The van der Waals surface area contributed by atoms with E-state index in [0.717, 1.165) is 0 Å². The molecule has 20 heavy (non-hydrogen) atoms. The number of carbonyl (C=O) groups excluding carboxylic acids is 1. The van der Waals surface area contributed by atoms with Gasteiger partial charge in [0.25, 0.3) is 5.91 Å². The van der Waals surface area contributed by atoms with Crippen molar-refractivity contribution in [3.63, 3.8) is 0 Å². The molecule has 0 saturated heterocycles. The first kappa shape index (κ1) is 14.6. The van der Waals surface area contributed by atoms with Gasteiger partial charge in [0.2, 0.25) is 0 Å². The van der Waals surface area contributed by atoms with E-state index in [-0.39, 0.29) is 17.6 Å². The third-order valence-electron chi connectivity index (χ3n) is 2.79. The van der Waals surface area contributed by atoms with Gasteiger partial charge in [-0.3, -0.25) is 4.79 Å². The van der Waals surface area contributed by atoms with Gasteiger partial charge < -0.3 is 14.8 Å². The molecule has 1 amide bonds. The molecule has 2 N–H and O–H groups in total. The Morgan fingerprint density at radius 1 is 1.50 bits per heavy atom. The van der Waals surface area contributed by atoms with Gasteiger partial charge in [0, 0.05) is 18.7 Å². The van der Waals surface area contributed by atoms with Gasteiger partial charge in [-0.15, -0.1) is 0 Å². The fourth-order valence-corrected chi connectivity index (χ4v) is 1.91. The zero-order valence-corrected chi connectivity index (χ0v) is 11.7. The molecule has 0 spiro atoms. The first-order chi connectivity index (χ1) is 9.56. The maximum Gasteiger partial charge on any atom is 0.270 e. The lowest BCUT2D eigenvalue weighted by molar-refractivity contribution is 0.0898. The maximum atomic E-state index is 11.9. The highest BCUT2D eigenvalue weighted by Crippen LogP contribution is 2.18. The molecule has 0 unspecified atom stereocenters. The van der Waals surface area contributed by atoms with Gasteiger partial charge in [-0.05, 0) is 31.2 Å². The molecule has 2 heterocycles. The first-order valence-electron chi connectivity index (χ1n) is 6.20. The molecule has 0 aromatic carbocycles. The molecule has 5 nitrogen and oxygen atoms in total. The van der Waals surface area contributed by atoms with Crippen LogP contribution in [0.4, 0.5) is 0 Å². The summed E-state index contributed by atoms with van der Waals surface area (Å²) >= 11 is 5.71. The maximum absolute atomic E-state index is 11.9. The predicted molar refractivity (Wildman–Crippen MR) is 74.5 cm³/mol. The lowest BCUT2D eigenvalue weighted by atomic mass is 10.1. The van der Waals surface area contributed by atoms with E-state index >= 15 is 0 Å². The Hall–Kier alpha value is -1.85. The SMILES string of the molecule is C[C@@H](C[C@@H](O)c1ccco1)NC(=O)c1ccc(Cl)cn1. The summed E-state index contributed by atoms with van der Waals surface area (Å²) in [5.41, 5.74) is 0.286. The highest BCUT2D eigenvalue weighted by Gasteiger charge is 2.17. The summed E-state index contributed by atoms with van der Waals surface area (Å²) in [4.78, 5) is 15.8. The summed E-state index contributed by atoms with van der Waals surface area (Å²) in [6, 6.07) is 6.33. The number of carbonyl (C=O) groups is 1. The summed E-state index contributed by atoms with van der Waals surface area (Å²) in [5.74, 6) is 0.177. The molecule has 0 fully saturated rings. The van der Waals surface area contributed by atoms with Crippen molar-refractivity contribution < 1.29 is 14.3 Å². The van der Waals surface area contributed by atoms with E-state index in [1.807, 2.05) is 0 Å². The van der Waals surface area contributed by atoms with Crippen LogP contribution in [-0.2, 0) is 0 Å². The minimum Gasteiger partial charge on any atom is -0.467 e. The normalized spacial score (nSPS) is 13.8. The number of hydrogen-bond acceptors (Lipinski definition) is 4. The van der Waals surface area contributed by atoms with Crippen LogP contribution < -0.4 is 5.32 Å². The number of halogens is 1. The van der Waals surface area contributed by atoms with Crippen molar-refractivity contribution in [2.45, 2.75) is 25.5 Å². The minimum atomic E-state index is -0.751. The largest absolute Gasteiger partial charge is 0.467 e. The fraction of sp³-hybridized carbons (Fsp3) is 0.286. The number of aliphatic hydroxyl groups excluding tert-OH is 1. The number of pyridine rings is 1. The number of aliphatic hydroxyl groups is 1. The Balaban J connectivity index is 1.89. The van der Waals surface area contributed by atoms with Crippen LogP contribution in [0.3, 0.4) is 0 Å². The van der Waals surface area contributed by atoms with E-state index in [1.165, 1.54) is 12.5 Å². The molecule has 0 saturated carbocycles. The summed E-state index contributed by atoms with van der Waals surface area (Å²) in [7, 11) is 0. The third kappa shape index (κ3) is 3.82. The van der Waals surface area contributed by atoms with Crippen LogP contribution in [0.25, 0.3) is 0 Å². The number of nitrogens with zero attached hydrogens (tertiary/aromatic N) is 1. The summed E-state index contributed by atoms with van der Waals surface area (Å²) in [5, 5.41) is 13.2. The highest BCUT2D eigenvalue weighted by atomic mass is 35.5.